The molecule has 14 nitrogen and oxygen atoms in total. The second-order valence-electron chi connectivity index (χ2n) is 8.63. The minimum Gasteiger partial charge on any atom is -0.426 e. The van der Waals surface area contributed by atoms with E-state index in [4.69, 9.17) is 9.47 Å². The van der Waals surface area contributed by atoms with Gasteiger partial charge in [0.2, 0.25) is 13.2 Å². The monoisotopic (exact) mass is 553 g/mol. The lowest BCUT2D eigenvalue weighted by Crippen LogP contribution is -2.39. The van der Waals surface area contributed by atoms with Gasteiger partial charge in [0.25, 0.3) is 11.8 Å². The standard InChI is InChI=1S/C26H31N7O7/c1-6-27-23(35)19-11-33-21(16(19)4)22(28-12-30-33)31-20-10-18(9-8-15(20)3)24(36)32(7-2)26(38)40-14-39-25(37)17(5)29-13-34/h8-13,17H,6-7,14H2,1-5H3,(H,27,35)(H,29,34)(H,28,30,31). The lowest BCUT2D eigenvalue weighted by Gasteiger charge is -2.20. The number of benzene rings is 1. The van der Waals surface area contributed by atoms with Crippen molar-refractivity contribution in [2.45, 2.75) is 40.7 Å². The molecule has 0 saturated heterocycles. The number of amides is 4. The van der Waals surface area contributed by atoms with E-state index in [0.29, 0.717) is 41.1 Å². The van der Waals surface area contributed by atoms with Crippen molar-refractivity contribution in [2.24, 2.45) is 0 Å². The maximum Gasteiger partial charge on any atom is 0.419 e. The normalized spacial score (nSPS) is 11.3. The smallest absolute Gasteiger partial charge is 0.419 e. The zero-order valence-electron chi connectivity index (χ0n) is 22.8. The van der Waals surface area contributed by atoms with Crippen LogP contribution in [0.2, 0.25) is 0 Å². The summed E-state index contributed by atoms with van der Waals surface area (Å²) < 4.78 is 11.3. The van der Waals surface area contributed by atoms with E-state index >= 15 is 0 Å². The molecule has 0 aliphatic rings. The molecule has 212 valence electrons. The molecule has 40 heavy (non-hydrogen) atoms. The third-order valence-electron chi connectivity index (χ3n) is 5.98. The Labute approximate surface area is 230 Å². The molecule has 1 unspecified atom stereocenters. The predicted molar refractivity (Wildman–Crippen MR) is 143 cm³/mol. The molecule has 0 aliphatic heterocycles. The number of aromatic nitrogens is 3. The van der Waals surface area contributed by atoms with Crippen LogP contribution in [0.1, 0.15) is 52.6 Å². The number of imide groups is 1. The molecular weight excluding hydrogens is 522 g/mol. The summed E-state index contributed by atoms with van der Waals surface area (Å²) in [6, 6.07) is 3.92. The first-order chi connectivity index (χ1) is 19.1. The fourth-order valence-corrected chi connectivity index (χ4v) is 3.78. The molecule has 3 N–H and O–H groups in total. The van der Waals surface area contributed by atoms with Crippen LogP contribution in [0.5, 0.6) is 0 Å². The molecule has 2 heterocycles. The van der Waals surface area contributed by atoms with Crippen LogP contribution in [0.25, 0.3) is 5.52 Å². The number of hydrogen-bond acceptors (Lipinski definition) is 10. The molecule has 4 amide bonds. The molecular formula is C26H31N7O7. The molecule has 0 spiro atoms. The van der Waals surface area contributed by atoms with Crippen molar-refractivity contribution >= 4 is 47.3 Å². The summed E-state index contributed by atoms with van der Waals surface area (Å²) in [5.41, 5.74) is 3.25. The van der Waals surface area contributed by atoms with Crippen LogP contribution in [0.4, 0.5) is 16.3 Å². The van der Waals surface area contributed by atoms with Gasteiger partial charge in [-0.15, -0.1) is 0 Å². The van der Waals surface area contributed by atoms with Gasteiger partial charge in [0, 0.05) is 30.5 Å². The van der Waals surface area contributed by atoms with E-state index < -0.39 is 30.8 Å². The van der Waals surface area contributed by atoms with E-state index in [9.17, 15) is 24.0 Å². The van der Waals surface area contributed by atoms with Gasteiger partial charge < -0.3 is 25.4 Å². The predicted octanol–water partition coefficient (Wildman–Crippen LogP) is 2.07. The number of nitrogens with zero attached hydrogens (tertiary/aromatic N) is 4. The molecule has 1 aromatic carbocycles. The Kier molecular flexibility index (Phi) is 9.73. The maximum atomic E-state index is 13.2. The van der Waals surface area contributed by atoms with E-state index in [1.165, 1.54) is 13.3 Å². The summed E-state index contributed by atoms with van der Waals surface area (Å²) in [6.45, 7) is 8.19. The van der Waals surface area contributed by atoms with Gasteiger partial charge in [-0.3, -0.25) is 14.4 Å². The number of fused-ring (bicyclic) bond motifs is 1. The number of anilines is 2. The summed E-state index contributed by atoms with van der Waals surface area (Å²) in [7, 11) is 0. The molecule has 3 aromatic rings. The zero-order chi connectivity index (χ0) is 29.4. The van der Waals surface area contributed by atoms with Crippen LogP contribution in [-0.4, -0.2) is 75.7 Å². The van der Waals surface area contributed by atoms with Crippen LogP contribution >= 0.6 is 0 Å². The van der Waals surface area contributed by atoms with Gasteiger partial charge in [0.05, 0.1) is 5.56 Å². The summed E-state index contributed by atoms with van der Waals surface area (Å²) >= 11 is 0. The van der Waals surface area contributed by atoms with Gasteiger partial charge in [-0.05, 0) is 57.9 Å². The van der Waals surface area contributed by atoms with E-state index in [-0.39, 0.29) is 18.0 Å². The molecule has 14 heteroatoms. The quantitative estimate of drug-likeness (QED) is 0.181. The highest BCUT2D eigenvalue weighted by Gasteiger charge is 2.25. The first-order valence-electron chi connectivity index (χ1n) is 12.5. The van der Waals surface area contributed by atoms with Crippen LogP contribution in [0, 0.1) is 13.8 Å². The number of carbonyl (C=O) groups excluding carboxylic acids is 5. The third-order valence-corrected chi connectivity index (χ3v) is 5.98. The second-order valence-corrected chi connectivity index (χ2v) is 8.63. The Morgan fingerprint density at radius 3 is 2.58 bits per heavy atom. The van der Waals surface area contributed by atoms with E-state index in [1.807, 2.05) is 13.8 Å². The van der Waals surface area contributed by atoms with E-state index in [1.54, 1.807) is 42.8 Å². The van der Waals surface area contributed by atoms with E-state index in [0.717, 1.165) is 10.5 Å². The molecule has 0 fully saturated rings. The van der Waals surface area contributed by atoms with E-state index in [2.05, 4.69) is 26.0 Å². The average molecular weight is 554 g/mol. The Hall–Kier alpha value is -5.01. The second kappa shape index (κ2) is 13.2. The first-order valence-corrected chi connectivity index (χ1v) is 12.5. The fourth-order valence-electron chi connectivity index (χ4n) is 3.78. The highest BCUT2D eigenvalue weighted by atomic mass is 16.7. The fraction of sp³-hybridized carbons (Fsp3) is 0.346. The summed E-state index contributed by atoms with van der Waals surface area (Å²) in [4.78, 5) is 65.6. The summed E-state index contributed by atoms with van der Waals surface area (Å²) in [5.74, 6) is -1.25. The molecule has 0 saturated carbocycles. The number of rotatable bonds is 11. The topological polar surface area (TPSA) is 173 Å². The molecule has 0 bridgehead atoms. The Morgan fingerprint density at radius 2 is 1.90 bits per heavy atom. The van der Waals surface area contributed by atoms with Gasteiger partial charge in [0.15, 0.2) is 5.82 Å². The Morgan fingerprint density at radius 1 is 1.15 bits per heavy atom. The van der Waals surface area contributed by atoms with Gasteiger partial charge >= 0.3 is 12.1 Å². The minimum atomic E-state index is -1.01. The lowest BCUT2D eigenvalue weighted by molar-refractivity contribution is -0.154. The summed E-state index contributed by atoms with van der Waals surface area (Å²) in [5, 5.41) is 12.4. The van der Waals surface area contributed by atoms with Crippen molar-refractivity contribution in [3.8, 4) is 0 Å². The SMILES string of the molecule is CCNC(=O)c1cn2ncnc(Nc3cc(C(=O)N(CC)C(=O)OCOC(=O)C(C)NC=O)ccc3C)c2c1C. The highest BCUT2D eigenvalue weighted by molar-refractivity contribution is 6.04. The van der Waals surface area contributed by atoms with Crippen molar-refractivity contribution in [3.05, 3.63) is 53.0 Å². The molecule has 0 radical (unpaired) electrons. The van der Waals surface area contributed by atoms with Crippen molar-refractivity contribution in [3.63, 3.8) is 0 Å². The van der Waals surface area contributed by atoms with Gasteiger partial charge in [-0.1, -0.05) is 6.07 Å². The lowest BCUT2D eigenvalue weighted by atomic mass is 10.1. The van der Waals surface area contributed by atoms with Crippen molar-refractivity contribution in [1.29, 1.82) is 0 Å². The molecule has 2 aromatic heterocycles. The number of esters is 1. The van der Waals surface area contributed by atoms with Gasteiger partial charge in [0.1, 0.15) is 17.9 Å². The molecule has 0 aliphatic carbocycles. The van der Waals surface area contributed by atoms with Crippen molar-refractivity contribution in [1.82, 2.24) is 30.1 Å². The molecule has 3 rings (SSSR count). The minimum absolute atomic E-state index is 0.0101. The van der Waals surface area contributed by atoms with Crippen LogP contribution < -0.4 is 16.0 Å². The number of hydrogen-bond donors (Lipinski definition) is 3. The van der Waals surface area contributed by atoms with Gasteiger partial charge in [-0.25, -0.2) is 24.0 Å². The Bertz CT molecular complexity index is 1440. The van der Waals surface area contributed by atoms with Crippen LogP contribution in [0.3, 0.4) is 0 Å². The number of aryl methyl sites for hydroxylation is 2. The number of nitrogens with one attached hydrogen (secondary N) is 3. The van der Waals surface area contributed by atoms with Crippen molar-refractivity contribution in [2.75, 3.05) is 25.2 Å². The maximum absolute atomic E-state index is 13.2. The number of carbonyl (C=O) groups is 5. The Balaban J connectivity index is 1.80. The summed E-state index contributed by atoms with van der Waals surface area (Å²) in [6.07, 6.45) is 2.30. The third kappa shape index (κ3) is 6.51. The van der Waals surface area contributed by atoms with Crippen molar-refractivity contribution < 1.29 is 33.4 Å². The first kappa shape index (κ1) is 29.5. The largest absolute Gasteiger partial charge is 0.426 e. The van der Waals surface area contributed by atoms with Crippen LogP contribution in [-0.2, 0) is 19.1 Å². The zero-order valence-corrected chi connectivity index (χ0v) is 22.8. The van der Waals surface area contributed by atoms with Gasteiger partial charge in [-0.2, -0.15) is 5.10 Å². The average Bonchev–Trinajstić information content (AvgIpc) is 3.27. The molecule has 1 atom stereocenters. The highest BCUT2D eigenvalue weighted by Crippen LogP contribution is 2.28. The number of ether oxygens (including phenoxy) is 2. The van der Waals surface area contributed by atoms with Crippen LogP contribution in [0.15, 0.2) is 30.7 Å².